The molecule has 100 valence electrons. The maximum atomic E-state index is 12.5. The summed E-state index contributed by atoms with van der Waals surface area (Å²) in [6.07, 6.45) is 3.60. The lowest BCUT2D eigenvalue weighted by atomic mass is 10.0. The fourth-order valence-corrected chi connectivity index (χ4v) is 2.69. The van der Waals surface area contributed by atoms with Crippen LogP contribution in [-0.2, 0) is 0 Å². The van der Waals surface area contributed by atoms with E-state index < -0.39 is 0 Å². The zero-order chi connectivity index (χ0) is 13.2. The molecule has 1 fully saturated rings. The Balaban J connectivity index is 1.81. The molecule has 2 heterocycles. The van der Waals surface area contributed by atoms with E-state index in [1.54, 1.807) is 6.26 Å². The van der Waals surface area contributed by atoms with E-state index in [1.165, 1.54) is 0 Å². The Labute approximate surface area is 112 Å². The predicted octanol–water partition coefficient (Wildman–Crippen LogP) is 2.26. The molecule has 1 N–H and O–H groups in total. The lowest BCUT2D eigenvalue weighted by molar-refractivity contribution is 0.0708. The number of hydrogen-bond donors (Lipinski definition) is 1. The van der Waals surface area contributed by atoms with Crippen LogP contribution in [0.3, 0.4) is 0 Å². The minimum Gasteiger partial charge on any atom is -0.463 e. The lowest BCUT2D eigenvalue weighted by Crippen LogP contribution is -2.43. The van der Waals surface area contributed by atoms with Gasteiger partial charge in [-0.05, 0) is 26.0 Å². The van der Waals surface area contributed by atoms with E-state index in [2.05, 4.69) is 5.32 Å². The van der Waals surface area contributed by atoms with Gasteiger partial charge in [0.1, 0.15) is 11.8 Å². The molecular formula is C15H18N2O2. The number of nitrogens with zero attached hydrogens (tertiary/aromatic N) is 1. The Morgan fingerprint density at radius 3 is 2.79 bits per heavy atom. The second-order valence-corrected chi connectivity index (χ2v) is 5.00. The molecule has 0 saturated carbocycles. The van der Waals surface area contributed by atoms with E-state index in [1.807, 2.05) is 36.2 Å². The number of benzene rings is 1. The number of carbonyl (C=O) groups is 1. The highest BCUT2D eigenvalue weighted by atomic mass is 16.3. The molecule has 2 aromatic rings. The minimum atomic E-state index is 0.0829. The lowest BCUT2D eigenvalue weighted by Gasteiger charge is -2.31. The molecule has 0 spiro atoms. The van der Waals surface area contributed by atoms with Gasteiger partial charge in [0, 0.05) is 24.5 Å². The second-order valence-electron chi connectivity index (χ2n) is 5.00. The van der Waals surface area contributed by atoms with Gasteiger partial charge in [-0.1, -0.05) is 18.2 Å². The standard InChI is InChI=1S/C15H18N2O2/c1-16-11-6-8-17(9-7-11)15(18)13-10-19-14-5-3-2-4-12(13)14/h2-5,10-11,16H,6-9H2,1H3. The van der Waals surface area contributed by atoms with E-state index in [0.29, 0.717) is 11.6 Å². The van der Waals surface area contributed by atoms with E-state index in [0.717, 1.165) is 36.9 Å². The van der Waals surface area contributed by atoms with Gasteiger partial charge < -0.3 is 14.6 Å². The molecule has 4 nitrogen and oxygen atoms in total. The van der Waals surface area contributed by atoms with Gasteiger partial charge in [0.05, 0.1) is 5.56 Å². The normalized spacial score (nSPS) is 17.0. The highest BCUT2D eigenvalue weighted by Crippen LogP contribution is 2.23. The second kappa shape index (κ2) is 5.05. The van der Waals surface area contributed by atoms with Crippen LogP contribution < -0.4 is 5.32 Å². The van der Waals surface area contributed by atoms with Crippen LogP contribution in [0.1, 0.15) is 23.2 Å². The van der Waals surface area contributed by atoms with Crippen molar-refractivity contribution in [3.63, 3.8) is 0 Å². The van der Waals surface area contributed by atoms with Gasteiger partial charge in [-0.3, -0.25) is 4.79 Å². The molecule has 0 bridgehead atoms. The van der Waals surface area contributed by atoms with Crippen LogP contribution in [0.5, 0.6) is 0 Å². The summed E-state index contributed by atoms with van der Waals surface area (Å²) in [6.45, 7) is 1.62. The van der Waals surface area contributed by atoms with Crippen molar-refractivity contribution < 1.29 is 9.21 Å². The maximum Gasteiger partial charge on any atom is 0.257 e. The van der Waals surface area contributed by atoms with Crippen LogP contribution in [0, 0.1) is 0 Å². The summed E-state index contributed by atoms with van der Waals surface area (Å²) < 4.78 is 5.44. The summed E-state index contributed by atoms with van der Waals surface area (Å²) in [5.41, 5.74) is 1.45. The number of amides is 1. The van der Waals surface area contributed by atoms with E-state index >= 15 is 0 Å². The molecule has 1 aromatic carbocycles. The maximum absolute atomic E-state index is 12.5. The molecule has 19 heavy (non-hydrogen) atoms. The average Bonchev–Trinajstić information content (AvgIpc) is 2.90. The quantitative estimate of drug-likeness (QED) is 0.898. The summed E-state index contributed by atoms with van der Waals surface area (Å²) >= 11 is 0. The fourth-order valence-electron chi connectivity index (χ4n) is 2.69. The van der Waals surface area contributed by atoms with Crippen molar-refractivity contribution in [2.45, 2.75) is 18.9 Å². The molecule has 1 aliphatic rings. The molecule has 0 atom stereocenters. The minimum absolute atomic E-state index is 0.0829. The van der Waals surface area contributed by atoms with Gasteiger partial charge in [0.15, 0.2) is 0 Å². The van der Waals surface area contributed by atoms with Crippen molar-refractivity contribution in [3.8, 4) is 0 Å². The number of para-hydroxylation sites is 1. The van der Waals surface area contributed by atoms with Crippen molar-refractivity contribution in [2.24, 2.45) is 0 Å². The van der Waals surface area contributed by atoms with Crippen molar-refractivity contribution in [1.29, 1.82) is 0 Å². The molecule has 4 heteroatoms. The van der Waals surface area contributed by atoms with Gasteiger partial charge >= 0.3 is 0 Å². The zero-order valence-electron chi connectivity index (χ0n) is 11.1. The molecule has 0 unspecified atom stereocenters. The number of hydrogen-bond acceptors (Lipinski definition) is 3. The summed E-state index contributed by atoms with van der Waals surface area (Å²) in [4.78, 5) is 14.4. The molecular weight excluding hydrogens is 240 g/mol. The first-order valence-corrected chi connectivity index (χ1v) is 6.72. The number of fused-ring (bicyclic) bond motifs is 1. The molecule has 3 rings (SSSR count). The largest absolute Gasteiger partial charge is 0.463 e. The first-order valence-electron chi connectivity index (χ1n) is 6.72. The highest BCUT2D eigenvalue weighted by Gasteiger charge is 2.24. The monoisotopic (exact) mass is 258 g/mol. The van der Waals surface area contributed by atoms with Crippen LogP contribution in [-0.4, -0.2) is 37.0 Å². The third kappa shape index (κ3) is 2.24. The number of carbonyl (C=O) groups excluding carboxylic acids is 1. The third-order valence-corrected chi connectivity index (χ3v) is 3.90. The average molecular weight is 258 g/mol. The molecule has 1 aromatic heterocycles. The molecule has 0 aliphatic carbocycles. The summed E-state index contributed by atoms with van der Waals surface area (Å²) in [7, 11) is 1.98. The number of likely N-dealkylation sites (tertiary alicyclic amines) is 1. The van der Waals surface area contributed by atoms with Gasteiger partial charge in [0.25, 0.3) is 5.91 Å². The van der Waals surface area contributed by atoms with E-state index in [9.17, 15) is 4.79 Å². The summed E-state index contributed by atoms with van der Waals surface area (Å²) in [5, 5.41) is 4.18. The van der Waals surface area contributed by atoms with Crippen molar-refractivity contribution in [3.05, 3.63) is 36.1 Å². The zero-order valence-corrected chi connectivity index (χ0v) is 11.1. The van der Waals surface area contributed by atoms with Crippen LogP contribution >= 0.6 is 0 Å². The van der Waals surface area contributed by atoms with Crippen molar-refractivity contribution in [1.82, 2.24) is 10.2 Å². The highest BCUT2D eigenvalue weighted by molar-refractivity contribution is 6.05. The molecule has 1 aliphatic heterocycles. The first kappa shape index (κ1) is 12.2. The number of piperidine rings is 1. The van der Waals surface area contributed by atoms with E-state index in [4.69, 9.17) is 4.42 Å². The molecule has 1 amide bonds. The summed E-state index contributed by atoms with van der Waals surface area (Å²) in [6, 6.07) is 8.21. The van der Waals surface area contributed by atoms with Gasteiger partial charge in [0.2, 0.25) is 0 Å². The summed E-state index contributed by atoms with van der Waals surface area (Å²) in [5.74, 6) is 0.0829. The van der Waals surface area contributed by atoms with Crippen LogP contribution in [0.4, 0.5) is 0 Å². The Hall–Kier alpha value is -1.81. The number of furan rings is 1. The third-order valence-electron chi connectivity index (χ3n) is 3.90. The van der Waals surface area contributed by atoms with Crippen LogP contribution in [0.25, 0.3) is 11.0 Å². The van der Waals surface area contributed by atoms with Gasteiger partial charge in [-0.2, -0.15) is 0 Å². The fraction of sp³-hybridized carbons (Fsp3) is 0.400. The molecule has 1 saturated heterocycles. The van der Waals surface area contributed by atoms with E-state index in [-0.39, 0.29) is 5.91 Å². The number of rotatable bonds is 2. The van der Waals surface area contributed by atoms with Gasteiger partial charge in [-0.25, -0.2) is 0 Å². The Morgan fingerprint density at radius 2 is 2.05 bits per heavy atom. The number of nitrogens with one attached hydrogen (secondary N) is 1. The smallest absolute Gasteiger partial charge is 0.257 e. The van der Waals surface area contributed by atoms with Crippen molar-refractivity contribution in [2.75, 3.05) is 20.1 Å². The van der Waals surface area contributed by atoms with Crippen LogP contribution in [0.15, 0.2) is 34.9 Å². The topological polar surface area (TPSA) is 45.5 Å². The Morgan fingerprint density at radius 1 is 1.32 bits per heavy atom. The van der Waals surface area contributed by atoms with Gasteiger partial charge in [-0.15, -0.1) is 0 Å². The predicted molar refractivity (Wildman–Crippen MR) is 74.2 cm³/mol. The SMILES string of the molecule is CNC1CCN(C(=O)c2coc3ccccc23)CC1. The molecule has 0 radical (unpaired) electrons. The van der Waals surface area contributed by atoms with Crippen LogP contribution in [0.2, 0.25) is 0 Å². The Kier molecular flexibility index (Phi) is 3.25. The first-order chi connectivity index (χ1) is 9.29. The van der Waals surface area contributed by atoms with Crippen molar-refractivity contribution >= 4 is 16.9 Å². The Bertz CT molecular complexity index is 583.